The molecule has 2 aromatic rings. The van der Waals surface area contributed by atoms with E-state index in [1.165, 1.54) is 0 Å². The zero-order valence-electron chi connectivity index (χ0n) is 12.6. The summed E-state index contributed by atoms with van der Waals surface area (Å²) in [6.07, 6.45) is 1.26. The van der Waals surface area contributed by atoms with Crippen molar-refractivity contribution in [3.63, 3.8) is 0 Å². The molecule has 23 heavy (non-hydrogen) atoms. The molecule has 0 bridgehead atoms. The first-order valence-corrected chi connectivity index (χ1v) is 7.40. The SMILES string of the molecule is Cc1nc(N)nc2c1/C(=N\O)CC(c1cccc3c1OCO3)C2. The summed E-state index contributed by atoms with van der Waals surface area (Å²) < 4.78 is 11.0. The number of oxime groups is 1. The molecule has 2 heterocycles. The van der Waals surface area contributed by atoms with E-state index < -0.39 is 0 Å². The Labute approximate surface area is 132 Å². The summed E-state index contributed by atoms with van der Waals surface area (Å²) in [4.78, 5) is 8.52. The van der Waals surface area contributed by atoms with E-state index in [2.05, 4.69) is 15.1 Å². The summed E-state index contributed by atoms with van der Waals surface area (Å²) in [5.74, 6) is 1.82. The van der Waals surface area contributed by atoms with E-state index in [4.69, 9.17) is 15.2 Å². The van der Waals surface area contributed by atoms with Gasteiger partial charge in [0.1, 0.15) is 0 Å². The minimum atomic E-state index is 0.0822. The third-order valence-electron chi connectivity index (χ3n) is 4.34. The third-order valence-corrected chi connectivity index (χ3v) is 4.34. The van der Waals surface area contributed by atoms with Gasteiger partial charge in [-0.1, -0.05) is 17.3 Å². The molecule has 1 unspecified atom stereocenters. The first-order valence-electron chi connectivity index (χ1n) is 7.40. The highest BCUT2D eigenvalue weighted by Crippen LogP contribution is 2.43. The van der Waals surface area contributed by atoms with Crippen LogP contribution in [0.3, 0.4) is 0 Å². The van der Waals surface area contributed by atoms with Gasteiger partial charge in [0, 0.05) is 17.5 Å². The van der Waals surface area contributed by atoms with Crippen molar-refractivity contribution in [3.8, 4) is 11.5 Å². The molecule has 3 N–H and O–H groups in total. The lowest BCUT2D eigenvalue weighted by atomic mass is 9.80. The number of nitrogen functional groups attached to an aromatic ring is 1. The van der Waals surface area contributed by atoms with Gasteiger partial charge in [0.25, 0.3) is 0 Å². The Morgan fingerprint density at radius 2 is 2.13 bits per heavy atom. The highest BCUT2D eigenvalue weighted by molar-refractivity contribution is 6.03. The number of hydrogen-bond donors (Lipinski definition) is 2. The fraction of sp³-hybridized carbons (Fsp3) is 0.312. The van der Waals surface area contributed by atoms with Gasteiger partial charge >= 0.3 is 0 Å². The molecule has 0 spiro atoms. The summed E-state index contributed by atoms with van der Waals surface area (Å²) in [7, 11) is 0. The fourth-order valence-corrected chi connectivity index (χ4v) is 3.40. The van der Waals surface area contributed by atoms with Crippen LogP contribution in [0.15, 0.2) is 23.4 Å². The second-order valence-corrected chi connectivity index (χ2v) is 5.72. The Hall–Kier alpha value is -2.83. The molecule has 0 saturated heterocycles. The van der Waals surface area contributed by atoms with Gasteiger partial charge < -0.3 is 20.4 Å². The van der Waals surface area contributed by atoms with Crippen molar-refractivity contribution in [1.82, 2.24) is 9.97 Å². The van der Waals surface area contributed by atoms with Crippen molar-refractivity contribution < 1.29 is 14.7 Å². The molecule has 118 valence electrons. The van der Waals surface area contributed by atoms with E-state index in [1.807, 2.05) is 25.1 Å². The molecule has 4 rings (SSSR count). The molecule has 1 aliphatic carbocycles. The Kier molecular flexibility index (Phi) is 3.07. The summed E-state index contributed by atoms with van der Waals surface area (Å²) in [6.45, 7) is 2.07. The number of rotatable bonds is 1. The second-order valence-electron chi connectivity index (χ2n) is 5.72. The first kappa shape index (κ1) is 13.8. The molecule has 1 aliphatic heterocycles. The van der Waals surface area contributed by atoms with Gasteiger partial charge in [-0.2, -0.15) is 0 Å². The topological polar surface area (TPSA) is 103 Å². The van der Waals surface area contributed by atoms with Crippen LogP contribution in [0, 0.1) is 6.92 Å². The van der Waals surface area contributed by atoms with E-state index in [0.29, 0.717) is 18.6 Å². The number of ether oxygens (including phenoxy) is 2. The van der Waals surface area contributed by atoms with E-state index in [1.54, 1.807) is 0 Å². The van der Waals surface area contributed by atoms with Crippen molar-refractivity contribution in [2.75, 3.05) is 12.5 Å². The molecule has 0 fully saturated rings. The largest absolute Gasteiger partial charge is 0.454 e. The quantitative estimate of drug-likeness (QED) is 0.616. The third kappa shape index (κ3) is 2.16. The molecule has 0 amide bonds. The van der Waals surface area contributed by atoms with Gasteiger partial charge in [0.2, 0.25) is 12.7 Å². The fourth-order valence-electron chi connectivity index (χ4n) is 3.40. The summed E-state index contributed by atoms with van der Waals surface area (Å²) in [6, 6.07) is 5.83. The zero-order valence-corrected chi connectivity index (χ0v) is 12.6. The minimum Gasteiger partial charge on any atom is -0.454 e. The van der Waals surface area contributed by atoms with Crippen LogP contribution < -0.4 is 15.2 Å². The van der Waals surface area contributed by atoms with Crippen molar-refractivity contribution in [2.45, 2.75) is 25.7 Å². The first-order chi connectivity index (χ1) is 11.2. The molecular formula is C16H16N4O3. The van der Waals surface area contributed by atoms with Crippen LogP contribution >= 0.6 is 0 Å². The smallest absolute Gasteiger partial charge is 0.231 e. The Bertz CT molecular complexity index is 819. The maximum Gasteiger partial charge on any atom is 0.231 e. The maximum absolute atomic E-state index is 9.43. The molecule has 1 atom stereocenters. The molecule has 2 aliphatic rings. The lowest BCUT2D eigenvalue weighted by molar-refractivity contribution is 0.173. The number of benzene rings is 1. The molecule has 0 radical (unpaired) electrons. The molecule has 1 aromatic carbocycles. The van der Waals surface area contributed by atoms with Gasteiger partial charge in [-0.15, -0.1) is 0 Å². The minimum absolute atomic E-state index is 0.0822. The summed E-state index contributed by atoms with van der Waals surface area (Å²) in [5, 5.41) is 12.9. The lowest BCUT2D eigenvalue weighted by Crippen LogP contribution is -2.23. The number of aryl methyl sites for hydroxylation is 1. The lowest BCUT2D eigenvalue weighted by Gasteiger charge is -2.26. The number of fused-ring (bicyclic) bond motifs is 2. The van der Waals surface area contributed by atoms with Crippen LogP contribution in [0.1, 0.15) is 34.9 Å². The van der Waals surface area contributed by atoms with Crippen molar-refractivity contribution >= 4 is 11.7 Å². The number of para-hydroxylation sites is 1. The van der Waals surface area contributed by atoms with Crippen molar-refractivity contribution in [1.29, 1.82) is 0 Å². The Morgan fingerprint density at radius 1 is 1.26 bits per heavy atom. The van der Waals surface area contributed by atoms with Crippen LogP contribution in [0.5, 0.6) is 11.5 Å². The number of nitrogens with zero attached hydrogens (tertiary/aromatic N) is 3. The van der Waals surface area contributed by atoms with Gasteiger partial charge in [-0.3, -0.25) is 0 Å². The van der Waals surface area contributed by atoms with Gasteiger partial charge in [-0.05, 0) is 25.3 Å². The van der Waals surface area contributed by atoms with E-state index in [9.17, 15) is 5.21 Å². The normalized spacial score (nSPS) is 20.6. The van der Waals surface area contributed by atoms with E-state index >= 15 is 0 Å². The summed E-state index contributed by atoms with van der Waals surface area (Å²) >= 11 is 0. The van der Waals surface area contributed by atoms with Crippen molar-refractivity contribution in [3.05, 3.63) is 40.7 Å². The Morgan fingerprint density at radius 3 is 2.96 bits per heavy atom. The molecular weight excluding hydrogens is 296 g/mol. The van der Waals surface area contributed by atoms with Crippen LogP contribution in [0.25, 0.3) is 0 Å². The number of aromatic nitrogens is 2. The van der Waals surface area contributed by atoms with Gasteiger partial charge in [0.05, 0.1) is 17.1 Å². The van der Waals surface area contributed by atoms with Gasteiger partial charge in [-0.25, -0.2) is 9.97 Å². The van der Waals surface area contributed by atoms with Crippen LogP contribution in [0.4, 0.5) is 5.95 Å². The van der Waals surface area contributed by atoms with Crippen LogP contribution in [-0.4, -0.2) is 27.7 Å². The standard InChI is InChI=1S/C16H16N4O3/c1-8-14-11(19-16(17)18-8)5-9(6-12(14)20-21)10-3-2-4-13-15(10)23-7-22-13/h2-4,9,21H,5-7H2,1H3,(H2,17,18,19)/b20-12-. The van der Waals surface area contributed by atoms with Gasteiger partial charge in [0.15, 0.2) is 11.5 Å². The van der Waals surface area contributed by atoms with E-state index in [-0.39, 0.29) is 18.7 Å². The second kappa shape index (κ2) is 5.12. The van der Waals surface area contributed by atoms with Crippen molar-refractivity contribution in [2.24, 2.45) is 5.16 Å². The van der Waals surface area contributed by atoms with Crippen LogP contribution in [0.2, 0.25) is 0 Å². The predicted octanol–water partition coefficient (Wildman–Crippen LogP) is 2.00. The van der Waals surface area contributed by atoms with E-state index in [0.717, 1.165) is 34.0 Å². The predicted molar refractivity (Wildman–Crippen MR) is 83.1 cm³/mol. The maximum atomic E-state index is 9.43. The molecule has 0 saturated carbocycles. The zero-order chi connectivity index (χ0) is 16.0. The van der Waals surface area contributed by atoms with Crippen LogP contribution in [-0.2, 0) is 6.42 Å². The average molecular weight is 312 g/mol. The molecule has 1 aromatic heterocycles. The highest BCUT2D eigenvalue weighted by atomic mass is 16.7. The number of nitrogens with two attached hydrogens (primary N) is 1. The Balaban J connectivity index is 1.81. The summed E-state index contributed by atoms with van der Waals surface area (Å²) in [5.41, 5.74) is 9.71. The highest BCUT2D eigenvalue weighted by Gasteiger charge is 2.32. The molecule has 7 nitrogen and oxygen atoms in total. The number of hydrogen-bond acceptors (Lipinski definition) is 7. The number of anilines is 1. The monoisotopic (exact) mass is 312 g/mol. The molecule has 7 heteroatoms. The average Bonchev–Trinajstić information content (AvgIpc) is 3.01.